The third kappa shape index (κ3) is 3.55. The molecule has 1 aliphatic rings. The molecule has 1 saturated heterocycles. The van der Waals surface area contributed by atoms with Crippen LogP contribution in [0.2, 0.25) is 5.02 Å². The highest BCUT2D eigenvalue weighted by Gasteiger charge is 2.49. The van der Waals surface area contributed by atoms with Gasteiger partial charge in [-0.1, -0.05) is 23.7 Å². The van der Waals surface area contributed by atoms with E-state index in [1.54, 1.807) is 25.1 Å². The predicted molar refractivity (Wildman–Crippen MR) is 98.8 cm³/mol. The molecular weight excluding hydrogens is 392 g/mol. The average Bonchev–Trinajstić information content (AvgIpc) is 2.84. The van der Waals surface area contributed by atoms with E-state index in [4.69, 9.17) is 11.6 Å². The van der Waals surface area contributed by atoms with Gasteiger partial charge in [0, 0.05) is 10.7 Å². The zero-order valence-electron chi connectivity index (χ0n) is 15.0. The molecule has 0 aromatic heterocycles. The number of nitrogens with one attached hydrogen (secondary N) is 2. The number of aryl methyl sites for hydroxylation is 1. The first kappa shape index (κ1) is 19.8. The highest BCUT2D eigenvalue weighted by atomic mass is 35.5. The minimum Gasteiger partial charge on any atom is -0.324 e. The van der Waals surface area contributed by atoms with Gasteiger partial charge in [-0.3, -0.25) is 14.5 Å². The molecular formula is C19H16ClF2N3O3. The Morgan fingerprint density at radius 2 is 1.89 bits per heavy atom. The maximum absolute atomic E-state index is 13.5. The summed E-state index contributed by atoms with van der Waals surface area (Å²) < 4.78 is 26.7. The average molecular weight is 408 g/mol. The third-order valence-electron chi connectivity index (χ3n) is 4.53. The molecule has 1 unspecified atom stereocenters. The molecule has 6 nitrogen and oxygen atoms in total. The number of nitrogens with zero attached hydrogens (tertiary/aromatic N) is 1. The smallest absolute Gasteiger partial charge is 0.324 e. The molecule has 2 aromatic carbocycles. The predicted octanol–water partition coefficient (Wildman–Crippen LogP) is 3.33. The summed E-state index contributed by atoms with van der Waals surface area (Å²) in [4.78, 5) is 38.0. The SMILES string of the molecule is Cc1ccc(NC(=O)CN2C(=O)NC(C)(c3ccc(F)c(F)c3)C2=O)cc1Cl. The lowest BCUT2D eigenvalue weighted by molar-refractivity contribution is -0.133. The van der Waals surface area contributed by atoms with Crippen LogP contribution in [-0.4, -0.2) is 29.3 Å². The van der Waals surface area contributed by atoms with Crippen molar-refractivity contribution < 1.29 is 23.2 Å². The molecule has 1 atom stereocenters. The molecule has 1 aliphatic heterocycles. The minimum atomic E-state index is -1.61. The molecule has 2 N–H and O–H groups in total. The van der Waals surface area contributed by atoms with Gasteiger partial charge in [0.25, 0.3) is 5.91 Å². The molecule has 1 heterocycles. The van der Waals surface area contributed by atoms with Gasteiger partial charge in [-0.25, -0.2) is 13.6 Å². The second-order valence-electron chi connectivity index (χ2n) is 6.59. The van der Waals surface area contributed by atoms with Crippen molar-refractivity contribution in [2.24, 2.45) is 0 Å². The van der Waals surface area contributed by atoms with Gasteiger partial charge in [-0.05, 0) is 49.2 Å². The highest BCUT2D eigenvalue weighted by molar-refractivity contribution is 6.31. The Balaban J connectivity index is 1.76. The maximum atomic E-state index is 13.5. The summed E-state index contributed by atoms with van der Waals surface area (Å²) in [6.45, 7) is 2.62. The normalized spacial score (nSPS) is 19.0. The van der Waals surface area contributed by atoms with E-state index in [0.717, 1.165) is 17.7 Å². The molecule has 0 saturated carbocycles. The van der Waals surface area contributed by atoms with E-state index in [-0.39, 0.29) is 5.56 Å². The Hall–Kier alpha value is -3.00. The molecule has 2 aromatic rings. The second kappa shape index (κ2) is 7.20. The molecule has 3 rings (SSSR count). The Labute approximate surface area is 164 Å². The van der Waals surface area contributed by atoms with Crippen molar-refractivity contribution >= 4 is 35.1 Å². The number of rotatable bonds is 4. The zero-order chi connectivity index (χ0) is 20.6. The summed E-state index contributed by atoms with van der Waals surface area (Å²) >= 11 is 6.01. The largest absolute Gasteiger partial charge is 0.325 e. The van der Waals surface area contributed by atoms with Crippen molar-refractivity contribution in [1.82, 2.24) is 10.2 Å². The monoisotopic (exact) mass is 407 g/mol. The number of hydrogen-bond acceptors (Lipinski definition) is 3. The van der Waals surface area contributed by atoms with Crippen LogP contribution in [0.25, 0.3) is 0 Å². The number of imide groups is 1. The summed E-state index contributed by atoms with van der Waals surface area (Å²) in [5, 5.41) is 5.44. The van der Waals surface area contributed by atoms with E-state index in [0.29, 0.717) is 15.6 Å². The van der Waals surface area contributed by atoms with Gasteiger partial charge in [0.05, 0.1) is 0 Å². The van der Waals surface area contributed by atoms with Crippen molar-refractivity contribution in [2.45, 2.75) is 19.4 Å². The van der Waals surface area contributed by atoms with Crippen molar-refractivity contribution in [1.29, 1.82) is 0 Å². The Kier molecular flexibility index (Phi) is 5.08. The first-order chi connectivity index (χ1) is 13.1. The van der Waals surface area contributed by atoms with E-state index < -0.39 is 41.6 Å². The van der Waals surface area contributed by atoms with Crippen LogP contribution in [0.4, 0.5) is 19.3 Å². The summed E-state index contributed by atoms with van der Waals surface area (Å²) in [6, 6.07) is 6.99. The third-order valence-corrected chi connectivity index (χ3v) is 4.94. The number of hydrogen-bond donors (Lipinski definition) is 2. The lowest BCUT2D eigenvalue weighted by atomic mass is 9.92. The van der Waals surface area contributed by atoms with E-state index in [9.17, 15) is 23.2 Å². The van der Waals surface area contributed by atoms with Gasteiger partial charge in [0.1, 0.15) is 12.1 Å². The number of urea groups is 1. The molecule has 0 bridgehead atoms. The van der Waals surface area contributed by atoms with Gasteiger partial charge in [-0.2, -0.15) is 0 Å². The molecule has 0 aliphatic carbocycles. The number of anilines is 1. The first-order valence-electron chi connectivity index (χ1n) is 8.27. The lowest BCUT2D eigenvalue weighted by Crippen LogP contribution is -2.42. The molecule has 9 heteroatoms. The van der Waals surface area contributed by atoms with Crippen LogP contribution in [0, 0.1) is 18.6 Å². The summed E-state index contributed by atoms with van der Waals surface area (Å²) in [7, 11) is 0. The van der Waals surface area contributed by atoms with E-state index in [1.807, 2.05) is 0 Å². The summed E-state index contributed by atoms with van der Waals surface area (Å²) in [5.74, 6) is -3.58. The molecule has 146 valence electrons. The molecule has 1 fully saturated rings. The van der Waals surface area contributed by atoms with Crippen LogP contribution in [-0.2, 0) is 15.1 Å². The summed E-state index contributed by atoms with van der Waals surface area (Å²) in [6.07, 6.45) is 0. The number of amides is 4. The van der Waals surface area contributed by atoms with Gasteiger partial charge < -0.3 is 10.6 Å². The van der Waals surface area contributed by atoms with Gasteiger partial charge >= 0.3 is 6.03 Å². The fraction of sp³-hybridized carbons (Fsp3) is 0.211. The number of carbonyl (C=O) groups is 3. The molecule has 4 amide bonds. The Morgan fingerprint density at radius 1 is 1.18 bits per heavy atom. The lowest BCUT2D eigenvalue weighted by Gasteiger charge is -2.22. The zero-order valence-corrected chi connectivity index (χ0v) is 15.7. The highest BCUT2D eigenvalue weighted by Crippen LogP contribution is 2.29. The minimum absolute atomic E-state index is 0.0676. The fourth-order valence-electron chi connectivity index (χ4n) is 2.86. The van der Waals surface area contributed by atoms with Crippen molar-refractivity contribution in [3.63, 3.8) is 0 Å². The van der Waals surface area contributed by atoms with Crippen LogP contribution >= 0.6 is 11.6 Å². The number of benzene rings is 2. The quantitative estimate of drug-likeness (QED) is 0.763. The van der Waals surface area contributed by atoms with E-state index in [2.05, 4.69) is 10.6 Å². The Morgan fingerprint density at radius 3 is 2.54 bits per heavy atom. The van der Waals surface area contributed by atoms with Gasteiger partial charge in [0.15, 0.2) is 11.6 Å². The standard InChI is InChI=1S/C19H16ClF2N3O3/c1-10-3-5-12(8-13(10)20)23-16(26)9-25-17(27)19(2,24-18(25)28)11-4-6-14(21)15(22)7-11/h3-8H,9H2,1-2H3,(H,23,26)(H,24,28). The number of carbonyl (C=O) groups excluding carboxylic acids is 3. The van der Waals surface area contributed by atoms with E-state index >= 15 is 0 Å². The maximum Gasteiger partial charge on any atom is 0.325 e. The van der Waals surface area contributed by atoms with Crippen molar-refractivity contribution in [3.05, 3.63) is 64.2 Å². The van der Waals surface area contributed by atoms with E-state index in [1.165, 1.54) is 13.0 Å². The van der Waals surface area contributed by atoms with Crippen molar-refractivity contribution in [3.8, 4) is 0 Å². The number of halogens is 3. The van der Waals surface area contributed by atoms with Crippen molar-refractivity contribution in [2.75, 3.05) is 11.9 Å². The Bertz CT molecular complexity index is 998. The molecule has 0 spiro atoms. The second-order valence-corrected chi connectivity index (χ2v) is 6.99. The summed E-state index contributed by atoms with van der Waals surface area (Å²) in [5.41, 5.74) is -0.302. The fourth-order valence-corrected chi connectivity index (χ4v) is 3.04. The van der Waals surface area contributed by atoms with Crippen LogP contribution in [0.5, 0.6) is 0 Å². The van der Waals surface area contributed by atoms with Crippen LogP contribution in [0.1, 0.15) is 18.1 Å². The van der Waals surface area contributed by atoms with Gasteiger partial charge in [-0.15, -0.1) is 0 Å². The topological polar surface area (TPSA) is 78.5 Å². The molecule has 0 radical (unpaired) electrons. The first-order valence-corrected chi connectivity index (χ1v) is 8.65. The van der Waals surface area contributed by atoms with Crippen LogP contribution in [0.3, 0.4) is 0 Å². The molecule has 28 heavy (non-hydrogen) atoms. The van der Waals surface area contributed by atoms with Crippen LogP contribution in [0.15, 0.2) is 36.4 Å². The van der Waals surface area contributed by atoms with Gasteiger partial charge in [0.2, 0.25) is 5.91 Å². The van der Waals surface area contributed by atoms with Crippen LogP contribution < -0.4 is 10.6 Å².